The maximum Gasteiger partial charge on any atom is 0.242 e. The van der Waals surface area contributed by atoms with Gasteiger partial charge in [-0.2, -0.15) is 5.10 Å². The third kappa shape index (κ3) is 2.79. The highest BCUT2D eigenvalue weighted by molar-refractivity contribution is 5.76. The fourth-order valence-corrected chi connectivity index (χ4v) is 2.05. The average Bonchev–Trinajstić information content (AvgIpc) is 2.74. The summed E-state index contributed by atoms with van der Waals surface area (Å²) in [5, 5.41) is 6.84. The van der Waals surface area contributed by atoms with Gasteiger partial charge in [0.25, 0.3) is 0 Å². The molecule has 1 aromatic heterocycles. The van der Waals surface area contributed by atoms with Gasteiger partial charge in [0.15, 0.2) is 0 Å². The van der Waals surface area contributed by atoms with Gasteiger partial charge in [0, 0.05) is 12.1 Å². The van der Waals surface area contributed by atoms with Crippen molar-refractivity contribution in [3.63, 3.8) is 0 Å². The molecular formula is C10H17N5O. The summed E-state index contributed by atoms with van der Waals surface area (Å²) in [4.78, 5) is 15.5. The highest BCUT2D eigenvalue weighted by atomic mass is 16.2. The summed E-state index contributed by atoms with van der Waals surface area (Å²) in [5.74, 6) is -0.0483. The third-order valence-electron chi connectivity index (χ3n) is 2.94. The summed E-state index contributed by atoms with van der Waals surface area (Å²) in [6, 6.07) is 0.207. The molecule has 1 amide bonds. The number of amides is 1. The van der Waals surface area contributed by atoms with Crippen LogP contribution in [0.2, 0.25) is 0 Å². The van der Waals surface area contributed by atoms with E-state index < -0.39 is 0 Å². The molecular weight excluding hydrogens is 206 g/mol. The van der Waals surface area contributed by atoms with Gasteiger partial charge in [-0.3, -0.25) is 4.79 Å². The Kier molecular flexibility index (Phi) is 3.51. The van der Waals surface area contributed by atoms with Crippen molar-refractivity contribution >= 4 is 5.91 Å². The van der Waals surface area contributed by atoms with Crippen molar-refractivity contribution in [1.82, 2.24) is 20.1 Å². The van der Waals surface area contributed by atoms with Gasteiger partial charge in [-0.05, 0) is 12.8 Å². The minimum Gasteiger partial charge on any atom is -0.350 e. The highest BCUT2D eigenvalue weighted by Crippen LogP contribution is 2.16. The predicted molar refractivity (Wildman–Crippen MR) is 58.4 cm³/mol. The van der Waals surface area contributed by atoms with Crippen LogP contribution in [0, 0.1) is 0 Å². The van der Waals surface area contributed by atoms with Crippen LogP contribution in [0.1, 0.15) is 25.7 Å². The first kappa shape index (κ1) is 11.1. The number of rotatable bonds is 3. The molecule has 1 saturated carbocycles. The van der Waals surface area contributed by atoms with Crippen LogP contribution >= 0.6 is 0 Å². The van der Waals surface area contributed by atoms with Crippen LogP contribution in [0.25, 0.3) is 0 Å². The van der Waals surface area contributed by atoms with Crippen LogP contribution in [0.4, 0.5) is 0 Å². The maximum atomic E-state index is 11.7. The SMILES string of the molecule is NC1CCCCC1NC(=O)Cn1cncn1. The summed E-state index contributed by atoms with van der Waals surface area (Å²) >= 11 is 0. The number of carbonyl (C=O) groups excluding carboxylic acids is 1. The van der Waals surface area contributed by atoms with E-state index in [1.807, 2.05) is 0 Å². The summed E-state index contributed by atoms with van der Waals surface area (Å²) in [6.45, 7) is 0.212. The topological polar surface area (TPSA) is 85.8 Å². The van der Waals surface area contributed by atoms with Crippen LogP contribution in [-0.4, -0.2) is 32.8 Å². The molecule has 0 spiro atoms. The Morgan fingerprint density at radius 1 is 1.50 bits per heavy atom. The van der Waals surface area contributed by atoms with Gasteiger partial charge >= 0.3 is 0 Å². The molecule has 1 aromatic rings. The zero-order chi connectivity index (χ0) is 11.4. The van der Waals surface area contributed by atoms with Crippen LogP contribution in [0.15, 0.2) is 12.7 Å². The largest absolute Gasteiger partial charge is 0.350 e. The molecule has 1 aliphatic carbocycles. The van der Waals surface area contributed by atoms with Crippen LogP contribution in [-0.2, 0) is 11.3 Å². The quantitative estimate of drug-likeness (QED) is 0.734. The molecule has 1 heterocycles. The smallest absolute Gasteiger partial charge is 0.242 e. The van der Waals surface area contributed by atoms with E-state index in [1.54, 1.807) is 0 Å². The number of carbonyl (C=O) groups is 1. The van der Waals surface area contributed by atoms with Gasteiger partial charge < -0.3 is 11.1 Å². The van der Waals surface area contributed by atoms with Gasteiger partial charge in [0.1, 0.15) is 19.2 Å². The summed E-state index contributed by atoms with van der Waals surface area (Å²) in [7, 11) is 0. The van der Waals surface area contributed by atoms with E-state index in [1.165, 1.54) is 17.3 Å². The molecule has 2 rings (SSSR count). The molecule has 0 radical (unpaired) electrons. The van der Waals surface area contributed by atoms with Crippen molar-refractivity contribution < 1.29 is 4.79 Å². The molecule has 88 valence electrons. The highest BCUT2D eigenvalue weighted by Gasteiger charge is 2.23. The zero-order valence-corrected chi connectivity index (χ0v) is 9.17. The van der Waals surface area contributed by atoms with Gasteiger partial charge in [-0.1, -0.05) is 12.8 Å². The molecule has 2 unspecified atom stereocenters. The normalized spacial score (nSPS) is 25.3. The number of nitrogens with zero attached hydrogens (tertiary/aromatic N) is 3. The molecule has 2 atom stereocenters. The molecule has 0 bridgehead atoms. The lowest BCUT2D eigenvalue weighted by molar-refractivity contribution is -0.122. The van der Waals surface area contributed by atoms with Crippen molar-refractivity contribution in [2.75, 3.05) is 0 Å². The molecule has 0 saturated heterocycles. The molecule has 6 nitrogen and oxygen atoms in total. The Hall–Kier alpha value is -1.43. The van der Waals surface area contributed by atoms with E-state index in [4.69, 9.17) is 5.73 Å². The first-order chi connectivity index (χ1) is 7.75. The lowest BCUT2D eigenvalue weighted by atomic mass is 9.91. The zero-order valence-electron chi connectivity index (χ0n) is 9.17. The van der Waals surface area contributed by atoms with Crippen molar-refractivity contribution in [2.24, 2.45) is 5.73 Å². The standard InChI is InChI=1S/C10H17N5O/c11-8-3-1-2-4-9(8)14-10(16)5-15-7-12-6-13-15/h6-9H,1-5,11H2,(H,14,16). The predicted octanol–water partition coefficient (Wildman–Crippen LogP) is -0.336. The maximum absolute atomic E-state index is 11.7. The van der Waals surface area contributed by atoms with Crippen LogP contribution in [0.3, 0.4) is 0 Å². The van der Waals surface area contributed by atoms with Crippen molar-refractivity contribution in [1.29, 1.82) is 0 Å². The monoisotopic (exact) mass is 223 g/mol. The second-order valence-electron chi connectivity index (χ2n) is 4.22. The molecule has 3 N–H and O–H groups in total. The Balaban J connectivity index is 1.82. The second kappa shape index (κ2) is 5.07. The third-order valence-corrected chi connectivity index (χ3v) is 2.94. The van der Waals surface area contributed by atoms with Gasteiger partial charge in [0.2, 0.25) is 5.91 Å². The lowest BCUT2D eigenvalue weighted by Crippen LogP contribution is -2.50. The summed E-state index contributed by atoms with van der Waals surface area (Å²) in [5.41, 5.74) is 5.95. The molecule has 0 aliphatic heterocycles. The van der Waals surface area contributed by atoms with E-state index in [2.05, 4.69) is 15.4 Å². The van der Waals surface area contributed by atoms with Crippen molar-refractivity contribution in [2.45, 2.75) is 44.3 Å². The van der Waals surface area contributed by atoms with E-state index in [-0.39, 0.29) is 24.5 Å². The molecule has 6 heteroatoms. The fourth-order valence-electron chi connectivity index (χ4n) is 2.05. The lowest BCUT2D eigenvalue weighted by Gasteiger charge is -2.29. The minimum absolute atomic E-state index is 0.0483. The first-order valence-electron chi connectivity index (χ1n) is 5.63. The number of nitrogens with one attached hydrogen (secondary N) is 1. The van der Waals surface area contributed by atoms with Crippen molar-refractivity contribution in [3.05, 3.63) is 12.7 Å². The average molecular weight is 223 g/mol. The number of hydrogen-bond acceptors (Lipinski definition) is 4. The molecule has 16 heavy (non-hydrogen) atoms. The molecule has 1 fully saturated rings. The van der Waals surface area contributed by atoms with E-state index in [9.17, 15) is 4.79 Å². The Morgan fingerprint density at radius 2 is 2.31 bits per heavy atom. The number of aromatic nitrogens is 3. The Labute approximate surface area is 94.2 Å². The van der Waals surface area contributed by atoms with Gasteiger partial charge in [-0.15, -0.1) is 0 Å². The van der Waals surface area contributed by atoms with Crippen molar-refractivity contribution in [3.8, 4) is 0 Å². The van der Waals surface area contributed by atoms with E-state index in [0.29, 0.717) is 0 Å². The Bertz CT molecular complexity index is 337. The Morgan fingerprint density at radius 3 is 3.00 bits per heavy atom. The molecule has 0 aromatic carbocycles. The second-order valence-corrected chi connectivity index (χ2v) is 4.22. The summed E-state index contributed by atoms with van der Waals surface area (Å²) < 4.78 is 1.50. The van der Waals surface area contributed by atoms with Crippen LogP contribution < -0.4 is 11.1 Å². The summed E-state index contributed by atoms with van der Waals surface area (Å²) in [6.07, 6.45) is 7.22. The minimum atomic E-state index is -0.0483. The number of hydrogen-bond donors (Lipinski definition) is 2. The van der Waals surface area contributed by atoms with E-state index in [0.717, 1.165) is 25.7 Å². The number of nitrogens with two attached hydrogens (primary N) is 1. The van der Waals surface area contributed by atoms with Crippen LogP contribution in [0.5, 0.6) is 0 Å². The first-order valence-corrected chi connectivity index (χ1v) is 5.63. The fraction of sp³-hybridized carbons (Fsp3) is 0.700. The van der Waals surface area contributed by atoms with E-state index >= 15 is 0 Å². The van der Waals surface area contributed by atoms with Gasteiger partial charge in [0.05, 0.1) is 0 Å². The molecule has 1 aliphatic rings. The van der Waals surface area contributed by atoms with Gasteiger partial charge in [-0.25, -0.2) is 9.67 Å².